The second-order valence-electron chi connectivity index (χ2n) is 3.77. The molecule has 4 heteroatoms. The standard InChI is InChI=1S/C10H21NO3/c1-7(10(12-3)13-4)11-9-5-6-14-8(9)2/h7-11H,5-6H2,1-4H3. The summed E-state index contributed by atoms with van der Waals surface area (Å²) in [4.78, 5) is 0. The molecule has 0 aromatic heterocycles. The van der Waals surface area contributed by atoms with Crippen molar-refractivity contribution in [3.63, 3.8) is 0 Å². The van der Waals surface area contributed by atoms with Gasteiger partial charge in [0.05, 0.1) is 12.1 Å². The summed E-state index contributed by atoms with van der Waals surface area (Å²) in [6, 6.07) is 0.594. The van der Waals surface area contributed by atoms with Gasteiger partial charge in [-0.05, 0) is 20.3 Å². The normalized spacial score (nSPS) is 29.8. The highest BCUT2D eigenvalue weighted by Crippen LogP contribution is 2.14. The molecule has 1 fully saturated rings. The zero-order valence-corrected chi connectivity index (χ0v) is 9.45. The molecule has 1 rings (SSSR count). The molecule has 1 aliphatic heterocycles. The molecule has 84 valence electrons. The highest BCUT2D eigenvalue weighted by atomic mass is 16.7. The summed E-state index contributed by atoms with van der Waals surface area (Å²) in [5.41, 5.74) is 0. The van der Waals surface area contributed by atoms with Gasteiger partial charge in [-0.2, -0.15) is 0 Å². The Labute approximate surface area is 85.9 Å². The van der Waals surface area contributed by atoms with E-state index in [2.05, 4.69) is 19.2 Å². The second-order valence-corrected chi connectivity index (χ2v) is 3.77. The number of ether oxygens (including phenoxy) is 3. The van der Waals surface area contributed by atoms with E-state index in [1.807, 2.05) is 0 Å². The maximum absolute atomic E-state index is 5.47. The zero-order chi connectivity index (χ0) is 10.6. The van der Waals surface area contributed by atoms with E-state index in [1.165, 1.54) is 0 Å². The van der Waals surface area contributed by atoms with Crippen LogP contribution in [-0.2, 0) is 14.2 Å². The van der Waals surface area contributed by atoms with Crippen molar-refractivity contribution in [3.05, 3.63) is 0 Å². The number of nitrogens with one attached hydrogen (secondary N) is 1. The Morgan fingerprint density at radius 2 is 2.00 bits per heavy atom. The molecule has 14 heavy (non-hydrogen) atoms. The fourth-order valence-electron chi connectivity index (χ4n) is 1.87. The fraction of sp³-hybridized carbons (Fsp3) is 1.00. The smallest absolute Gasteiger partial charge is 0.171 e. The van der Waals surface area contributed by atoms with Crippen LogP contribution in [0.1, 0.15) is 20.3 Å². The van der Waals surface area contributed by atoms with Gasteiger partial charge in [0, 0.05) is 26.9 Å². The Morgan fingerprint density at radius 3 is 2.43 bits per heavy atom. The van der Waals surface area contributed by atoms with Gasteiger partial charge in [0.2, 0.25) is 0 Å². The van der Waals surface area contributed by atoms with E-state index in [0.29, 0.717) is 6.04 Å². The molecular weight excluding hydrogens is 182 g/mol. The monoisotopic (exact) mass is 203 g/mol. The minimum atomic E-state index is -0.192. The van der Waals surface area contributed by atoms with Gasteiger partial charge in [0.25, 0.3) is 0 Å². The largest absolute Gasteiger partial charge is 0.377 e. The molecule has 0 bridgehead atoms. The second kappa shape index (κ2) is 5.66. The summed E-state index contributed by atoms with van der Waals surface area (Å²) in [6.45, 7) is 4.99. The van der Waals surface area contributed by atoms with Gasteiger partial charge in [-0.25, -0.2) is 0 Å². The number of hydrogen-bond donors (Lipinski definition) is 1. The minimum absolute atomic E-state index is 0.180. The van der Waals surface area contributed by atoms with Crippen molar-refractivity contribution in [2.45, 2.75) is 44.7 Å². The van der Waals surface area contributed by atoms with Crippen LogP contribution in [0, 0.1) is 0 Å². The SMILES string of the molecule is COC(OC)C(C)NC1CCOC1C. The highest BCUT2D eigenvalue weighted by molar-refractivity contribution is 4.82. The predicted octanol–water partition coefficient (Wildman–Crippen LogP) is 0.761. The molecule has 0 saturated carbocycles. The molecule has 0 aliphatic carbocycles. The summed E-state index contributed by atoms with van der Waals surface area (Å²) in [6.07, 6.45) is 1.15. The van der Waals surface area contributed by atoms with Gasteiger partial charge in [0.15, 0.2) is 6.29 Å². The van der Waals surface area contributed by atoms with E-state index in [1.54, 1.807) is 14.2 Å². The van der Waals surface area contributed by atoms with Crippen LogP contribution in [0.25, 0.3) is 0 Å². The Morgan fingerprint density at radius 1 is 1.36 bits per heavy atom. The lowest BCUT2D eigenvalue weighted by Gasteiger charge is -2.26. The highest BCUT2D eigenvalue weighted by Gasteiger charge is 2.27. The first-order valence-corrected chi connectivity index (χ1v) is 5.12. The summed E-state index contributed by atoms with van der Waals surface area (Å²) in [7, 11) is 3.31. The predicted molar refractivity (Wildman–Crippen MR) is 54.2 cm³/mol. The molecule has 1 heterocycles. The van der Waals surface area contributed by atoms with Crippen LogP contribution in [0.15, 0.2) is 0 Å². The van der Waals surface area contributed by atoms with Gasteiger partial charge < -0.3 is 19.5 Å². The first-order chi connectivity index (χ1) is 6.69. The topological polar surface area (TPSA) is 39.7 Å². The van der Waals surface area contributed by atoms with Crippen LogP contribution in [0.2, 0.25) is 0 Å². The Kier molecular flexibility index (Phi) is 4.81. The molecule has 1 N–H and O–H groups in total. The zero-order valence-electron chi connectivity index (χ0n) is 9.45. The van der Waals surface area contributed by atoms with Crippen molar-refractivity contribution in [2.75, 3.05) is 20.8 Å². The Bertz CT molecular complexity index is 161. The molecule has 0 spiro atoms. The van der Waals surface area contributed by atoms with Crippen molar-refractivity contribution in [1.29, 1.82) is 0 Å². The summed E-state index contributed by atoms with van der Waals surface area (Å²) in [5, 5.41) is 3.46. The van der Waals surface area contributed by atoms with Crippen LogP contribution in [0.3, 0.4) is 0 Å². The van der Waals surface area contributed by atoms with Crippen molar-refractivity contribution >= 4 is 0 Å². The maximum atomic E-state index is 5.47. The summed E-state index contributed by atoms with van der Waals surface area (Å²) in [5.74, 6) is 0. The fourth-order valence-corrected chi connectivity index (χ4v) is 1.87. The van der Waals surface area contributed by atoms with Crippen molar-refractivity contribution in [2.24, 2.45) is 0 Å². The van der Waals surface area contributed by atoms with E-state index >= 15 is 0 Å². The average molecular weight is 203 g/mol. The van der Waals surface area contributed by atoms with Crippen molar-refractivity contribution in [3.8, 4) is 0 Å². The molecule has 0 aromatic rings. The van der Waals surface area contributed by atoms with E-state index in [4.69, 9.17) is 14.2 Å². The van der Waals surface area contributed by atoms with E-state index in [-0.39, 0.29) is 18.4 Å². The quantitative estimate of drug-likeness (QED) is 0.670. The third-order valence-corrected chi connectivity index (χ3v) is 2.73. The number of rotatable bonds is 5. The van der Waals surface area contributed by atoms with Crippen molar-refractivity contribution in [1.82, 2.24) is 5.32 Å². The summed E-state index contributed by atoms with van der Waals surface area (Å²) >= 11 is 0. The molecule has 1 aliphatic rings. The maximum Gasteiger partial charge on any atom is 0.171 e. The van der Waals surface area contributed by atoms with Gasteiger partial charge in [-0.3, -0.25) is 0 Å². The molecule has 1 saturated heterocycles. The molecule has 0 amide bonds. The number of methoxy groups -OCH3 is 2. The first-order valence-electron chi connectivity index (χ1n) is 5.12. The molecular formula is C10H21NO3. The van der Waals surface area contributed by atoms with Gasteiger partial charge in [-0.1, -0.05) is 0 Å². The average Bonchev–Trinajstić information content (AvgIpc) is 2.54. The number of hydrogen-bond acceptors (Lipinski definition) is 4. The van der Waals surface area contributed by atoms with Crippen LogP contribution in [-0.4, -0.2) is 45.3 Å². The van der Waals surface area contributed by atoms with Crippen LogP contribution < -0.4 is 5.32 Å². The lowest BCUT2D eigenvalue weighted by atomic mass is 10.1. The third kappa shape index (κ3) is 2.92. The van der Waals surface area contributed by atoms with Crippen LogP contribution in [0.4, 0.5) is 0 Å². The third-order valence-electron chi connectivity index (χ3n) is 2.73. The summed E-state index contributed by atoms with van der Waals surface area (Å²) < 4.78 is 15.8. The van der Waals surface area contributed by atoms with Gasteiger partial charge in [0.1, 0.15) is 0 Å². The van der Waals surface area contributed by atoms with E-state index < -0.39 is 0 Å². The molecule has 0 aromatic carbocycles. The Balaban J connectivity index is 2.34. The first kappa shape index (κ1) is 11.9. The molecule has 3 atom stereocenters. The lowest BCUT2D eigenvalue weighted by Crippen LogP contribution is -2.47. The molecule has 4 nitrogen and oxygen atoms in total. The van der Waals surface area contributed by atoms with Crippen LogP contribution >= 0.6 is 0 Å². The molecule has 0 radical (unpaired) electrons. The van der Waals surface area contributed by atoms with Crippen LogP contribution in [0.5, 0.6) is 0 Å². The van der Waals surface area contributed by atoms with Gasteiger partial charge in [-0.15, -0.1) is 0 Å². The van der Waals surface area contributed by atoms with E-state index in [0.717, 1.165) is 13.0 Å². The Hall–Kier alpha value is -0.160. The lowest BCUT2D eigenvalue weighted by molar-refractivity contribution is -0.121. The van der Waals surface area contributed by atoms with Gasteiger partial charge >= 0.3 is 0 Å². The van der Waals surface area contributed by atoms with E-state index in [9.17, 15) is 0 Å². The molecule has 3 unspecified atom stereocenters. The van der Waals surface area contributed by atoms with Crippen molar-refractivity contribution < 1.29 is 14.2 Å². The minimum Gasteiger partial charge on any atom is -0.377 e.